The molecule has 0 bridgehead atoms. The van der Waals surface area contributed by atoms with Crippen LogP contribution < -0.4 is 10.6 Å². The fourth-order valence-electron chi connectivity index (χ4n) is 2.60. The molecule has 1 aliphatic heterocycles. The summed E-state index contributed by atoms with van der Waals surface area (Å²) in [7, 11) is 0. The van der Waals surface area contributed by atoms with Crippen LogP contribution in [-0.4, -0.2) is 11.9 Å². The molecular formula is C17H17FN2O. The van der Waals surface area contributed by atoms with Gasteiger partial charge in [-0.25, -0.2) is 4.39 Å². The normalized spacial score (nSPS) is 17.1. The number of halogens is 1. The first-order valence-corrected chi connectivity index (χ1v) is 7.01. The van der Waals surface area contributed by atoms with Crippen LogP contribution in [0.4, 0.5) is 10.1 Å². The van der Waals surface area contributed by atoms with Crippen LogP contribution in [0.1, 0.15) is 16.7 Å². The molecule has 1 aliphatic rings. The number of nitrogens with one attached hydrogen (secondary N) is 2. The lowest BCUT2D eigenvalue weighted by atomic mass is 9.95. The zero-order valence-electron chi connectivity index (χ0n) is 11.8. The van der Waals surface area contributed by atoms with E-state index in [0.717, 1.165) is 0 Å². The summed E-state index contributed by atoms with van der Waals surface area (Å²) in [6.45, 7) is 2.34. The van der Waals surface area contributed by atoms with Gasteiger partial charge in [-0.1, -0.05) is 30.3 Å². The molecule has 1 amide bonds. The van der Waals surface area contributed by atoms with Gasteiger partial charge in [0.1, 0.15) is 5.82 Å². The quantitative estimate of drug-likeness (QED) is 0.890. The fourth-order valence-corrected chi connectivity index (χ4v) is 2.60. The average Bonchev–Trinajstić information content (AvgIpc) is 2.51. The molecule has 0 radical (unpaired) electrons. The SMILES string of the molecule is Cc1c(F)cccc1NC(=O)C1Cc2ccccc2CN1. The van der Waals surface area contributed by atoms with Gasteiger partial charge < -0.3 is 10.6 Å². The molecule has 2 aromatic rings. The molecule has 0 aromatic heterocycles. The maximum absolute atomic E-state index is 13.5. The van der Waals surface area contributed by atoms with Gasteiger partial charge in [0.25, 0.3) is 0 Å². The van der Waals surface area contributed by atoms with Gasteiger partial charge in [0, 0.05) is 17.8 Å². The van der Waals surface area contributed by atoms with Crippen molar-refractivity contribution in [2.24, 2.45) is 0 Å². The van der Waals surface area contributed by atoms with E-state index >= 15 is 0 Å². The molecule has 108 valence electrons. The van der Waals surface area contributed by atoms with Crippen molar-refractivity contribution in [1.29, 1.82) is 0 Å². The maximum atomic E-state index is 13.5. The second-order valence-corrected chi connectivity index (χ2v) is 5.31. The van der Waals surface area contributed by atoms with E-state index in [9.17, 15) is 9.18 Å². The summed E-state index contributed by atoms with van der Waals surface area (Å²) in [5.74, 6) is -0.437. The van der Waals surface area contributed by atoms with Crippen molar-refractivity contribution < 1.29 is 9.18 Å². The van der Waals surface area contributed by atoms with Crippen LogP contribution >= 0.6 is 0 Å². The Balaban J connectivity index is 1.74. The number of amides is 1. The number of rotatable bonds is 2. The zero-order chi connectivity index (χ0) is 14.8. The Bertz CT molecular complexity index is 684. The van der Waals surface area contributed by atoms with Gasteiger partial charge in [0.2, 0.25) is 5.91 Å². The summed E-state index contributed by atoms with van der Waals surface area (Å²) in [5.41, 5.74) is 3.40. The van der Waals surface area contributed by atoms with Gasteiger partial charge in [-0.2, -0.15) is 0 Å². The molecule has 1 heterocycles. The van der Waals surface area contributed by atoms with Gasteiger partial charge >= 0.3 is 0 Å². The molecule has 4 heteroatoms. The Hall–Kier alpha value is -2.20. The number of carbonyl (C=O) groups is 1. The van der Waals surface area contributed by atoms with Crippen molar-refractivity contribution in [1.82, 2.24) is 5.32 Å². The van der Waals surface area contributed by atoms with Crippen molar-refractivity contribution in [3.05, 3.63) is 65.0 Å². The highest BCUT2D eigenvalue weighted by molar-refractivity contribution is 5.95. The van der Waals surface area contributed by atoms with E-state index in [1.165, 1.54) is 17.2 Å². The summed E-state index contributed by atoms with van der Waals surface area (Å²) >= 11 is 0. The Morgan fingerprint density at radius 3 is 2.76 bits per heavy atom. The number of fused-ring (bicyclic) bond motifs is 1. The smallest absolute Gasteiger partial charge is 0.241 e. The van der Waals surface area contributed by atoms with Crippen molar-refractivity contribution in [3.8, 4) is 0 Å². The van der Waals surface area contributed by atoms with Gasteiger partial charge in [-0.3, -0.25) is 4.79 Å². The van der Waals surface area contributed by atoms with Crippen LogP contribution in [0.3, 0.4) is 0 Å². The number of anilines is 1. The van der Waals surface area contributed by atoms with Gasteiger partial charge in [0.15, 0.2) is 0 Å². The first-order chi connectivity index (χ1) is 10.1. The molecule has 0 fully saturated rings. The molecule has 0 saturated heterocycles. The highest BCUT2D eigenvalue weighted by atomic mass is 19.1. The van der Waals surface area contributed by atoms with E-state index in [0.29, 0.717) is 24.2 Å². The van der Waals surface area contributed by atoms with Gasteiger partial charge in [-0.15, -0.1) is 0 Å². The molecule has 21 heavy (non-hydrogen) atoms. The van der Waals surface area contributed by atoms with E-state index in [1.807, 2.05) is 18.2 Å². The minimum Gasteiger partial charge on any atom is -0.324 e. The molecule has 1 atom stereocenters. The Kier molecular flexibility index (Phi) is 3.71. The molecule has 0 spiro atoms. The zero-order valence-corrected chi connectivity index (χ0v) is 11.8. The van der Waals surface area contributed by atoms with Crippen molar-refractivity contribution >= 4 is 11.6 Å². The Labute approximate surface area is 123 Å². The second-order valence-electron chi connectivity index (χ2n) is 5.31. The number of hydrogen-bond acceptors (Lipinski definition) is 2. The molecule has 0 saturated carbocycles. The molecule has 1 unspecified atom stereocenters. The van der Waals surface area contributed by atoms with E-state index in [1.54, 1.807) is 19.1 Å². The first-order valence-electron chi connectivity index (χ1n) is 7.01. The van der Waals surface area contributed by atoms with Crippen LogP contribution in [0, 0.1) is 12.7 Å². The highest BCUT2D eigenvalue weighted by Gasteiger charge is 2.24. The highest BCUT2D eigenvalue weighted by Crippen LogP contribution is 2.20. The van der Waals surface area contributed by atoms with Crippen LogP contribution in [-0.2, 0) is 17.8 Å². The summed E-state index contributed by atoms with van der Waals surface area (Å²) in [6.07, 6.45) is 0.649. The molecule has 2 N–H and O–H groups in total. The summed E-state index contributed by atoms with van der Waals surface area (Å²) < 4.78 is 13.5. The third-order valence-electron chi connectivity index (χ3n) is 3.92. The Morgan fingerprint density at radius 2 is 1.95 bits per heavy atom. The first kappa shape index (κ1) is 13.8. The van der Waals surface area contributed by atoms with Crippen LogP contribution in [0.25, 0.3) is 0 Å². The minimum atomic E-state index is -0.310. The minimum absolute atomic E-state index is 0.127. The van der Waals surface area contributed by atoms with Gasteiger partial charge in [-0.05, 0) is 36.6 Å². The van der Waals surface area contributed by atoms with Crippen molar-refractivity contribution in [2.45, 2.75) is 25.9 Å². The third kappa shape index (κ3) is 2.81. The van der Waals surface area contributed by atoms with E-state index in [-0.39, 0.29) is 17.8 Å². The standard InChI is InChI=1S/C17H17FN2O/c1-11-14(18)7-4-8-15(11)20-17(21)16-9-12-5-2-3-6-13(12)10-19-16/h2-8,16,19H,9-10H2,1H3,(H,20,21). The lowest BCUT2D eigenvalue weighted by Gasteiger charge is -2.25. The lowest BCUT2D eigenvalue weighted by Crippen LogP contribution is -2.44. The molecule has 3 rings (SSSR count). The largest absolute Gasteiger partial charge is 0.324 e. The predicted molar refractivity (Wildman–Crippen MR) is 80.5 cm³/mol. The van der Waals surface area contributed by atoms with Crippen molar-refractivity contribution in [3.63, 3.8) is 0 Å². The van der Waals surface area contributed by atoms with E-state index < -0.39 is 0 Å². The maximum Gasteiger partial charge on any atom is 0.241 e. The molecule has 0 aliphatic carbocycles. The number of carbonyl (C=O) groups excluding carboxylic acids is 1. The third-order valence-corrected chi connectivity index (χ3v) is 3.92. The molecule has 3 nitrogen and oxygen atoms in total. The number of hydrogen-bond donors (Lipinski definition) is 2. The predicted octanol–water partition coefficient (Wildman–Crippen LogP) is 2.79. The van der Waals surface area contributed by atoms with Crippen LogP contribution in [0.2, 0.25) is 0 Å². The topological polar surface area (TPSA) is 41.1 Å². The summed E-state index contributed by atoms with van der Waals surface area (Å²) in [5, 5.41) is 6.03. The van der Waals surface area contributed by atoms with Crippen LogP contribution in [0.5, 0.6) is 0 Å². The fraction of sp³-hybridized carbons (Fsp3) is 0.235. The van der Waals surface area contributed by atoms with Gasteiger partial charge in [0.05, 0.1) is 6.04 Å². The molecular weight excluding hydrogens is 267 g/mol. The summed E-state index contributed by atoms with van der Waals surface area (Å²) in [4.78, 5) is 12.3. The van der Waals surface area contributed by atoms with E-state index in [2.05, 4.69) is 16.7 Å². The Morgan fingerprint density at radius 1 is 1.19 bits per heavy atom. The monoisotopic (exact) mass is 284 g/mol. The second kappa shape index (κ2) is 5.66. The number of benzene rings is 2. The lowest BCUT2D eigenvalue weighted by molar-refractivity contribution is -0.118. The molecule has 2 aromatic carbocycles. The average molecular weight is 284 g/mol. The summed E-state index contributed by atoms with van der Waals surface area (Å²) in [6, 6.07) is 12.5. The van der Waals surface area contributed by atoms with E-state index in [4.69, 9.17) is 0 Å². The van der Waals surface area contributed by atoms with Crippen molar-refractivity contribution in [2.75, 3.05) is 5.32 Å². The van der Waals surface area contributed by atoms with Crippen LogP contribution in [0.15, 0.2) is 42.5 Å².